The summed E-state index contributed by atoms with van der Waals surface area (Å²) < 4.78 is 6.16. The molecule has 0 saturated carbocycles. The lowest BCUT2D eigenvalue weighted by Gasteiger charge is -2.38. The maximum Gasteiger partial charge on any atom is 0.219 e. The fourth-order valence-corrected chi connectivity index (χ4v) is 5.55. The number of rotatable bonds is 6. The van der Waals surface area contributed by atoms with Gasteiger partial charge >= 0.3 is 0 Å². The van der Waals surface area contributed by atoms with Gasteiger partial charge in [0.1, 0.15) is 11.6 Å². The molecule has 10 heteroatoms. The maximum absolute atomic E-state index is 13.1. The van der Waals surface area contributed by atoms with Gasteiger partial charge in [-0.05, 0) is 37.5 Å². The van der Waals surface area contributed by atoms with Crippen LogP contribution in [0.25, 0.3) is 0 Å². The molecule has 1 unspecified atom stereocenters. The van der Waals surface area contributed by atoms with Gasteiger partial charge in [0.2, 0.25) is 5.13 Å². The highest BCUT2D eigenvalue weighted by Crippen LogP contribution is 2.47. The Labute approximate surface area is 194 Å². The van der Waals surface area contributed by atoms with Gasteiger partial charge in [0.15, 0.2) is 10.1 Å². The summed E-state index contributed by atoms with van der Waals surface area (Å²) in [6.45, 7) is 2.47. The molecule has 0 spiro atoms. The summed E-state index contributed by atoms with van der Waals surface area (Å²) in [5.74, 6) is 0.724. The van der Waals surface area contributed by atoms with E-state index in [1.165, 1.54) is 23.1 Å². The number of hydrogen-bond donors (Lipinski definition) is 1. The van der Waals surface area contributed by atoms with Crippen molar-refractivity contribution in [3.05, 3.63) is 52.5 Å². The van der Waals surface area contributed by atoms with Crippen molar-refractivity contribution < 1.29 is 9.53 Å². The normalized spacial score (nSPS) is 18.3. The summed E-state index contributed by atoms with van der Waals surface area (Å²) in [5.41, 5.74) is 9.01. The van der Waals surface area contributed by atoms with E-state index in [0.717, 1.165) is 17.0 Å². The lowest BCUT2D eigenvalue weighted by atomic mass is 9.76. The fraction of sp³-hybridized carbons (Fsp3) is 0.318. The van der Waals surface area contributed by atoms with Crippen molar-refractivity contribution in [1.82, 2.24) is 10.2 Å². The van der Waals surface area contributed by atoms with Crippen LogP contribution in [0, 0.1) is 22.7 Å². The second-order valence-corrected chi connectivity index (χ2v) is 9.29. The van der Waals surface area contributed by atoms with Gasteiger partial charge in [0, 0.05) is 17.7 Å². The number of anilines is 1. The first-order valence-electron chi connectivity index (χ1n) is 10.1. The second kappa shape index (κ2) is 9.43. The molecular weight excluding hydrogens is 444 g/mol. The molecule has 2 aromatic rings. The standard InChI is InChI=1S/C22H20N6O2S2/c1-2-30-14-8-6-13(7-9-14)18-15(12-24)20(25)28(16-4-3-5-17(29)19(16)18)21-26-27-22(32-21)31-11-10-23/h6-9,18H,2-5,11,25H2,1H3. The Morgan fingerprint density at radius 2 is 2.06 bits per heavy atom. The number of nitriles is 2. The third kappa shape index (κ3) is 3.95. The summed E-state index contributed by atoms with van der Waals surface area (Å²) in [6.07, 6.45) is 1.78. The number of hydrogen-bond acceptors (Lipinski definition) is 10. The largest absolute Gasteiger partial charge is 0.494 e. The summed E-state index contributed by atoms with van der Waals surface area (Å²) in [7, 11) is 0. The number of Topliss-reactive ketones (excluding diaryl/α,β-unsaturated/α-hetero) is 1. The summed E-state index contributed by atoms with van der Waals surface area (Å²) in [4.78, 5) is 14.8. The van der Waals surface area contributed by atoms with E-state index in [1.807, 2.05) is 31.2 Å². The minimum atomic E-state index is -0.532. The molecule has 0 amide bonds. The van der Waals surface area contributed by atoms with Crippen molar-refractivity contribution in [2.24, 2.45) is 5.73 Å². The summed E-state index contributed by atoms with van der Waals surface area (Å²) in [6, 6.07) is 11.7. The van der Waals surface area contributed by atoms with Crippen LogP contribution in [-0.4, -0.2) is 28.3 Å². The molecule has 0 fully saturated rings. The average Bonchev–Trinajstić information content (AvgIpc) is 3.26. The number of allylic oxidation sites excluding steroid dienone is 3. The first-order chi connectivity index (χ1) is 15.6. The topological polar surface area (TPSA) is 129 Å². The quantitative estimate of drug-likeness (QED) is 0.633. The molecule has 0 radical (unpaired) electrons. The lowest BCUT2D eigenvalue weighted by Crippen LogP contribution is -2.38. The molecule has 2 aliphatic rings. The number of benzene rings is 1. The van der Waals surface area contributed by atoms with Crippen LogP contribution in [0.15, 0.2) is 51.3 Å². The molecule has 162 valence electrons. The van der Waals surface area contributed by atoms with Crippen LogP contribution in [0.5, 0.6) is 5.75 Å². The molecule has 32 heavy (non-hydrogen) atoms. The van der Waals surface area contributed by atoms with E-state index in [-0.39, 0.29) is 17.4 Å². The Balaban J connectivity index is 1.82. The zero-order valence-corrected chi connectivity index (χ0v) is 19.0. The van der Waals surface area contributed by atoms with Gasteiger partial charge in [0.05, 0.1) is 36.0 Å². The van der Waals surface area contributed by atoms with E-state index >= 15 is 0 Å². The van der Waals surface area contributed by atoms with E-state index in [9.17, 15) is 10.1 Å². The molecule has 0 bridgehead atoms. The first-order valence-corrected chi connectivity index (χ1v) is 11.9. The van der Waals surface area contributed by atoms with E-state index in [4.69, 9.17) is 15.7 Å². The number of carbonyl (C=O) groups excluding carboxylic acids is 1. The number of carbonyl (C=O) groups is 1. The Hall–Kier alpha value is -3.34. The van der Waals surface area contributed by atoms with Crippen LogP contribution in [0.2, 0.25) is 0 Å². The van der Waals surface area contributed by atoms with Gasteiger partial charge in [-0.1, -0.05) is 35.2 Å². The van der Waals surface area contributed by atoms with Gasteiger partial charge < -0.3 is 10.5 Å². The van der Waals surface area contributed by atoms with Gasteiger partial charge in [-0.25, -0.2) is 0 Å². The van der Waals surface area contributed by atoms with Crippen molar-refractivity contribution in [2.45, 2.75) is 36.4 Å². The predicted octanol–water partition coefficient (Wildman–Crippen LogP) is 3.86. The van der Waals surface area contributed by atoms with E-state index < -0.39 is 5.92 Å². The smallest absolute Gasteiger partial charge is 0.219 e. The molecule has 1 aliphatic carbocycles. The highest BCUT2D eigenvalue weighted by atomic mass is 32.2. The Bertz CT molecular complexity index is 1190. The van der Waals surface area contributed by atoms with Gasteiger partial charge in [-0.2, -0.15) is 10.5 Å². The Morgan fingerprint density at radius 1 is 1.28 bits per heavy atom. The van der Waals surface area contributed by atoms with Crippen LogP contribution in [0.1, 0.15) is 37.7 Å². The second-order valence-electron chi connectivity index (χ2n) is 7.12. The number of nitrogens with two attached hydrogens (primary N) is 1. The van der Waals surface area contributed by atoms with Crippen LogP contribution in [0.3, 0.4) is 0 Å². The number of nitrogens with zero attached hydrogens (tertiary/aromatic N) is 5. The minimum Gasteiger partial charge on any atom is -0.494 e. The molecule has 8 nitrogen and oxygen atoms in total. The average molecular weight is 465 g/mol. The third-order valence-electron chi connectivity index (χ3n) is 5.29. The van der Waals surface area contributed by atoms with Crippen molar-refractivity contribution >= 4 is 34.0 Å². The van der Waals surface area contributed by atoms with E-state index in [2.05, 4.69) is 22.3 Å². The number of ketones is 1. The number of ether oxygens (including phenoxy) is 1. The molecule has 4 rings (SSSR count). The van der Waals surface area contributed by atoms with Crippen LogP contribution >= 0.6 is 23.1 Å². The molecule has 1 aliphatic heterocycles. The molecule has 2 heterocycles. The highest BCUT2D eigenvalue weighted by molar-refractivity contribution is 8.01. The lowest BCUT2D eigenvalue weighted by molar-refractivity contribution is -0.116. The molecule has 0 saturated heterocycles. The van der Waals surface area contributed by atoms with Crippen molar-refractivity contribution in [2.75, 3.05) is 17.3 Å². The van der Waals surface area contributed by atoms with Gasteiger partial charge in [0.25, 0.3) is 0 Å². The van der Waals surface area contributed by atoms with Crippen molar-refractivity contribution in [3.63, 3.8) is 0 Å². The maximum atomic E-state index is 13.1. The van der Waals surface area contributed by atoms with E-state index in [0.29, 0.717) is 46.5 Å². The zero-order chi connectivity index (χ0) is 22.7. The predicted molar refractivity (Wildman–Crippen MR) is 122 cm³/mol. The molecule has 1 aromatic carbocycles. The van der Waals surface area contributed by atoms with Crippen LogP contribution in [-0.2, 0) is 4.79 Å². The minimum absolute atomic E-state index is 0.0129. The van der Waals surface area contributed by atoms with Gasteiger partial charge in [-0.3, -0.25) is 9.69 Å². The third-order valence-corrected chi connectivity index (χ3v) is 7.19. The molecule has 1 aromatic heterocycles. The fourth-order valence-electron chi connectivity index (χ4n) is 4.01. The Morgan fingerprint density at radius 3 is 2.75 bits per heavy atom. The first kappa shape index (κ1) is 21.9. The Kier molecular flexibility index (Phi) is 6.45. The van der Waals surface area contributed by atoms with Crippen molar-refractivity contribution in [1.29, 1.82) is 10.5 Å². The van der Waals surface area contributed by atoms with Crippen LogP contribution in [0.4, 0.5) is 5.13 Å². The molecule has 2 N–H and O–H groups in total. The molecule has 1 atom stereocenters. The van der Waals surface area contributed by atoms with Crippen LogP contribution < -0.4 is 15.4 Å². The highest BCUT2D eigenvalue weighted by Gasteiger charge is 2.41. The number of aromatic nitrogens is 2. The van der Waals surface area contributed by atoms with Gasteiger partial charge in [-0.15, -0.1) is 10.2 Å². The zero-order valence-electron chi connectivity index (χ0n) is 17.4. The van der Waals surface area contributed by atoms with E-state index in [1.54, 1.807) is 4.90 Å². The molecular formula is C22H20N6O2S2. The SMILES string of the molecule is CCOc1ccc(C2C(C#N)=C(N)N(c3nnc(SCC#N)s3)C3=C2C(=O)CCC3)cc1. The number of thioether (sulfide) groups is 1. The van der Waals surface area contributed by atoms with Crippen molar-refractivity contribution in [3.8, 4) is 17.9 Å². The summed E-state index contributed by atoms with van der Waals surface area (Å²) >= 11 is 2.57. The monoisotopic (exact) mass is 464 g/mol. The summed E-state index contributed by atoms with van der Waals surface area (Å²) in [5, 5.41) is 27.7.